The quantitative estimate of drug-likeness (QED) is 0.813. The van der Waals surface area contributed by atoms with E-state index in [2.05, 4.69) is 5.32 Å². The predicted molar refractivity (Wildman–Crippen MR) is 71.1 cm³/mol. The number of ether oxygens (including phenoxy) is 1. The molecule has 1 aliphatic heterocycles. The molecule has 0 amide bonds. The molecule has 0 bridgehead atoms. The van der Waals surface area contributed by atoms with E-state index in [0.29, 0.717) is 19.1 Å². The highest BCUT2D eigenvalue weighted by atomic mass is 16.5. The minimum absolute atomic E-state index is 0.0915. The summed E-state index contributed by atoms with van der Waals surface area (Å²) in [5.74, 6) is -0.0915. The highest BCUT2D eigenvalue weighted by Gasteiger charge is 2.14. The number of hydrogen-bond donors (Lipinski definition) is 1. The molecule has 0 unspecified atom stereocenters. The van der Waals surface area contributed by atoms with Crippen molar-refractivity contribution in [2.75, 3.05) is 6.54 Å². The molecular weight excluding hydrogens is 226 g/mol. The molecule has 3 heteroatoms. The summed E-state index contributed by atoms with van der Waals surface area (Å²) in [6.07, 6.45) is 5.13. The van der Waals surface area contributed by atoms with Crippen LogP contribution in [0.25, 0.3) is 0 Å². The van der Waals surface area contributed by atoms with Crippen molar-refractivity contribution >= 4 is 5.97 Å². The van der Waals surface area contributed by atoms with Crippen LogP contribution in [0.5, 0.6) is 0 Å². The lowest BCUT2D eigenvalue weighted by molar-refractivity contribution is -0.145. The number of carbonyl (C=O) groups excluding carboxylic acids is 1. The number of piperidine rings is 1. The number of benzene rings is 1. The van der Waals surface area contributed by atoms with Crippen LogP contribution in [0.4, 0.5) is 0 Å². The van der Waals surface area contributed by atoms with Gasteiger partial charge in [0.2, 0.25) is 0 Å². The Labute approximate surface area is 109 Å². The fraction of sp³-hybridized carbons (Fsp3) is 0.533. The maximum Gasteiger partial charge on any atom is 0.306 e. The lowest BCUT2D eigenvalue weighted by atomic mass is 10.0. The van der Waals surface area contributed by atoms with Crippen LogP contribution in [-0.4, -0.2) is 18.6 Å². The van der Waals surface area contributed by atoms with E-state index in [1.54, 1.807) is 0 Å². The highest BCUT2D eigenvalue weighted by Crippen LogP contribution is 2.12. The SMILES string of the molecule is O=C(CC[C@H]1CCCCN1)OCc1ccccc1. The van der Waals surface area contributed by atoms with Crippen molar-refractivity contribution in [2.24, 2.45) is 0 Å². The van der Waals surface area contributed by atoms with Crippen LogP contribution in [0.2, 0.25) is 0 Å². The van der Waals surface area contributed by atoms with E-state index in [0.717, 1.165) is 18.5 Å². The minimum Gasteiger partial charge on any atom is -0.461 e. The Morgan fingerprint density at radius 2 is 2.11 bits per heavy atom. The van der Waals surface area contributed by atoms with Crippen LogP contribution >= 0.6 is 0 Å². The predicted octanol–water partition coefficient (Wildman–Crippen LogP) is 2.65. The lowest BCUT2D eigenvalue weighted by Crippen LogP contribution is -2.34. The summed E-state index contributed by atoms with van der Waals surface area (Å²) in [6.45, 7) is 1.47. The zero-order valence-electron chi connectivity index (χ0n) is 10.7. The molecule has 0 saturated carbocycles. The van der Waals surface area contributed by atoms with Gasteiger partial charge in [-0.05, 0) is 31.4 Å². The highest BCUT2D eigenvalue weighted by molar-refractivity contribution is 5.69. The molecule has 98 valence electrons. The van der Waals surface area contributed by atoms with Gasteiger partial charge in [0.15, 0.2) is 0 Å². The van der Waals surface area contributed by atoms with Crippen molar-refractivity contribution in [3.8, 4) is 0 Å². The second-order valence-electron chi connectivity index (χ2n) is 4.83. The van der Waals surface area contributed by atoms with Gasteiger partial charge in [0.25, 0.3) is 0 Å². The van der Waals surface area contributed by atoms with Crippen LogP contribution in [0.15, 0.2) is 30.3 Å². The average molecular weight is 247 g/mol. The van der Waals surface area contributed by atoms with Crippen molar-refractivity contribution in [1.82, 2.24) is 5.32 Å². The maximum absolute atomic E-state index is 11.6. The van der Waals surface area contributed by atoms with Gasteiger partial charge in [0.1, 0.15) is 6.61 Å². The number of carbonyl (C=O) groups is 1. The molecule has 1 N–H and O–H groups in total. The monoisotopic (exact) mass is 247 g/mol. The zero-order valence-corrected chi connectivity index (χ0v) is 10.7. The summed E-state index contributed by atoms with van der Waals surface area (Å²) in [5.41, 5.74) is 1.04. The number of esters is 1. The van der Waals surface area contributed by atoms with Gasteiger partial charge in [0.05, 0.1) is 0 Å². The maximum atomic E-state index is 11.6. The first-order valence-corrected chi connectivity index (χ1v) is 6.77. The molecule has 0 spiro atoms. The normalized spacial score (nSPS) is 19.4. The van der Waals surface area contributed by atoms with E-state index in [4.69, 9.17) is 4.74 Å². The second kappa shape index (κ2) is 7.17. The number of nitrogens with one attached hydrogen (secondary N) is 1. The molecule has 2 rings (SSSR count). The van der Waals surface area contributed by atoms with E-state index in [-0.39, 0.29) is 5.97 Å². The molecular formula is C15H21NO2. The smallest absolute Gasteiger partial charge is 0.306 e. The van der Waals surface area contributed by atoms with Crippen molar-refractivity contribution < 1.29 is 9.53 Å². The molecule has 3 nitrogen and oxygen atoms in total. The summed E-state index contributed by atoms with van der Waals surface area (Å²) < 4.78 is 5.25. The molecule has 0 aliphatic carbocycles. The summed E-state index contributed by atoms with van der Waals surface area (Å²) >= 11 is 0. The Morgan fingerprint density at radius 1 is 1.28 bits per heavy atom. The first-order chi connectivity index (χ1) is 8.84. The first-order valence-electron chi connectivity index (χ1n) is 6.77. The molecule has 1 heterocycles. The summed E-state index contributed by atoms with van der Waals surface area (Å²) in [4.78, 5) is 11.6. The fourth-order valence-electron chi connectivity index (χ4n) is 2.27. The van der Waals surface area contributed by atoms with Crippen molar-refractivity contribution in [3.63, 3.8) is 0 Å². The molecule has 0 radical (unpaired) electrons. The van der Waals surface area contributed by atoms with Gasteiger partial charge in [-0.3, -0.25) is 4.79 Å². The molecule has 1 aliphatic rings. The van der Waals surface area contributed by atoms with Gasteiger partial charge < -0.3 is 10.1 Å². The zero-order chi connectivity index (χ0) is 12.6. The Bertz CT molecular complexity index is 358. The van der Waals surface area contributed by atoms with E-state index in [1.807, 2.05) is 30.3 Å². The van der Waals surface area contributed by atoms with Crippen molar-refractivity contribution in [3.05, 3.63) is 35.9 Å². The van der Waals surface area contributed by atoms with Crippen LogP contribution in [0.1, 0.15) is 37.7 Å². The number of hydrogen-bond acceptors (Lipinski definition) is 3. The van der Waals surface area contributed by atoms with Crippen LogP contribution in [0.3, 0.4) is 0 Å². The Morgan fingerprint density at radius 3 is 2.83 bits per heavy atom. The Hall–Kier alpha value is -1.35. The molecule has 1 fully saturated rings. The minimum atomic E-state index is -0.0915. The molecule has 1 aromatic carbocycles. The van der Waals surface area contributed by atoms with Gasteiger partial charge >= 0.3 is 5.97 Å². The molecule has 1 saturated heterocycles. The van der Waals surface area contributed by atoms with Gasteiger partial charge in [-0.25, -0.2) is 0 Å². The van der Waals surface area contributed by atoms with E-state index in [9.17, 15) is 4.79 Å². The third-order valence-corrected chi connectivity index (χ3v) is 3.35. The van der Waals surface area contributed by atoms with Crippen LogP contribution in [-0.2, 0) is 16.1 Å². The molecule has 1 aromatic rings. The van der Waals surface area contributed by atoms with Gasteiger partial charge in [0, 0.05) is 12.5 Å². The lowest BCUT2D eigenvalue weighted by Gasteiger charge is -2.22. The molecule has 0 aromatic heterocycles. The van der Waals surface area contributed by atoms with E-state index >= 15 is 0 Å². The third-order valence-electron chi connectivity index (χ3n) is 3.35. The second-order valence-corrected chi connectivity index (χ2v) is 4.83. The van der Waals surface area contributed by atoms with Crippen molar-refractivity contribution in [2.45, 2.75) is 44.8 Å². The largest absolute Gasteiger partial charge is 0.461 e. The first kappa shape index (κ1) is 13.1. The third kappa shape index (κ3) is 4.49. The summed E-state index contributed by atoms with van der Waals surface area (Å²) in [7, 11) is 0. The average Bonchev–Trinajstić information content (AvgIpc) is 2.45. The fourth-order valence-corrected chi connectivity index (χ4v) is 2.27. The van der Waals surface area contributed by atoms with Crippen LogP contribution < -0.4 is 5.32 Å². The van der Waals surface area contributed by atoms with Gasteiger partial charge in [-0.2, -0.15) is 0 Å². The summed E-state index contributed by atoms with van der Waals surface area (Å²) in [5, 5.41) is 3.44. The topological polar surface area (TPSA) is 38.3 Å². The molecule has 18 heavy (non-hydrogen) atoms. The number of rotatable bonds is 5. The van der Waals surface area contributed by atoms with Gasteiger partial charge in [-0.1, -0.05) is 36.8 Å². The molecule has 1 atom stereocenters. The van der Waals surface area contributed by atoms with Gasteiger partial charge in [-0.15, -0.1) is 0 Å². The Balaban J connectivity index is 1.63. The standard InChI is InChI=1S/C15H21NO2/c17-15(10-9-14-8-4-5-11-16-14)18-12-13-6-2-1-3-7-13/h1-3,6-7,14,16H,4-5,8-12H2/t14-/m1/s1. The van der Waals surface area contributed by atoms with E-state index < -0.39 is 0 Å². The van der Waals surface area contributed by atoms with Crippen LogP contribution in [0, 0.1) is 0 Å². The Kier molecular flexibility index (Phi) is 5.21. The summed E-state index contributed by atoms with van der Waals surface area (Å²) in [6, 6.07) is 10.3. The van der Waals surface area contributed by atoms with Crippen molar-refractivity contribution in [1.29, 1.82) is 0 Å². The van der Waals surface area contributed by atoms with E-state index in [1.165, 1.54) is 19.3 Å².